The molecule has 0 radical (unpaired) electrons. The van der Waals surface area contributed by atoms with Gasteiger partial charge >= 0.3 is 0 Å². The third-order valence-electron chi connectivity index (χ3n) is 2.77. The molecule has 0 bridgehead atoms. The number of benzene rings is 2. The van der Waals surface area contributed by atoms with Crippen LogP contribution in [-0.4, -0.2) is 19.1 Å². The van der Waals surface area contributed by atoms with Gasteiger partial charge in [0.05, 0.1) is 17.1 Å². The Hall–Kier alpha value is -2.00. The Balaban J connectivity index is 1.80. The maximum Gasteiger partial charge on any atom is 0.252 e. The molecule has 0 aliphatic rings. The minimum absolute atomic E-state index is 0.188. The molecule has 0 spiro atoms. The quantitative estimate of drug-likeness (QED) is 0.856. The van der Waals surface area contributed by atoms with E-state index in [1.807, 2.05) is 43.3 Å². The number of rotatable bonds is 5. The second-order valence-electron chi connectivity index (χ2n) is 4.40. The summed E-state index contributed by atoms with van der Waals surface area (Å²) >= 11 is 6.04. The van der Waals surface area contributed by atoms with Crippen LogP contribution in [0.2, 0.25) is 5.02 Å². The normalized spacial score (nSPS) is 10.1. The first-order chi connectivity index (χ1) is 9.66. The molecule has 0 saturated heterocycles. The van der Waals surface area contributed by atoms with Crippen LogP contribution in [0.25, 0.3) is 0 Å². The van der Waals surface area contributed by atoms with Gasteiger partial charge in [0.1, 0.15) is 12.4 Å². The molecule has 0 aliphatic carbocycles. The van der Waals surface area contributed by atoms with Crippen LogP contribution in [0.1, 0.15) is 15.9 Å². The summed E-state index contributed by atoms with van der Waals surface area (Å²) in [5, 5.41) is 3.25. The molecule has 3 nitrogen and oxygen atoms in total. The third-order valence-corrected chi connectivity index (χ3v) is 3.08. The van der Waals surface area contributed by atoms with Crippen molar-refractivity contribution >= 4 is 17.5 Å². The first-order valence-electron chi connectivity index (χ1n) is 6.39. The highest BCUT2D eigenvalue weighted by atomic mass is 35.5. The van der Waals surface area contributed by atoms with Gasteiger partial charge in [0, 0.05) is 0 Å². The first kappa shape index (κ1) is 14.4. The zero-order valence-corrected chi connectivity index (χ0v) is 12.0. The molecular weight excluding hydrogens is 274 g/mol. The van der Waals surface area contributed by atoms with Gasteiger partial charge in [0.25, 0.3) is 5.91 Å². The highest BCUT2D eigenvalue weighted by molar-refractivity contribution is 6.33. The number of hydrogen-bond donors (Lipinski definition) is 1. The number of para-hydroxylation sites is 1. The molecule has 1 amide bonds. The lowest BCUT2D eigenvalue weighted by Crippen LogP contribution is -2.28. The number of nitrogens with one attached hydrogen (secondary N) is 1. The number of halogens is 1. The van der Waals surface area contributed by atoms with Gasteiger partial charge in [-0.1, -0.05) is 35.9 Å². The topological polar surface area (TPSA) is 38.3 Å². The minimum Gasteiger partial charge on any atom is -0.492 e. The van der Waals surface area contributed by atoms with Crippen molar-refractivity contribution in [2.24, 2.45) is 0 Å². The SMILES string of the molecule is Cc1ccc(C(=O)NCCOc2ccccc2)c(Cl)c1. The van der Waals surface area contributed by atoms with Crippen LogP contribution in [0.5, 0.6) is 5.75 Å². The van der Waals surface area contributed by atoms with E-state index in [1.54, 1.807) is 12.1 Å². The maximum absolute atomic E-state index is 11.9. The zero-order valence-electron chi connectivity index (χ0n) is 11.2. The maximum atomic E-state index is 11.9. The van der Waals surface area contributed by atoms with Crippen molar-refractivity contribution in [2.75, 3.05) is 13.2 Å². The monoisotopic (exact) mass is 289 g/mol. The molecule has 0 aromatic heterocycles. The molecule has 20 heavy (non-hydrogen) atoms. The van der Waals surface area contributed by atoms with Crippen LogP contribution >= 0.6 is 11.6 Å². The fraction of sp³-hybridized carbons (Fsp3) is 0.188. The molecule has 0 fully saturated rings. The number of aryl methyl sites for hydroxylation is 1. The van der Waals surface area contributed by atoms with E-state index in [9.17, 15) is 4.79 Å². The van der Waals surface area contributed by atoms with Crippen LogP contribution in [0.3, 0.4) is 0 Å². The van der Waals surface area contributed by atoms with Crippen molar-refractivity contribution in [3.8, 4) is 5.75 Å². The van der Waals surface area contributed by atoms with E-state index in [1.165, 1.54) is 0 Å². The fourth-order valence-electron chi connectivity index (χ4n) is 1.75. The second kappa shape index (κ2) is 6.96. The van der Waals surface area contributed by atoms with Crippen LogP contribution in [0, 0.1) is 6.92 Å². The molecule has 0 saturated carbocycles. The van der Waals surface area contributed by atoms with E-state index in [0.717, 1.165) is 11.3 Å². The summed E-state index contributed by atoms with van der Waals surface area (Å²) in [6.45, 7) is 2.78. The van der Waals surface area contributed by atoms with E-state index >= 15 is 0 Å². The number of carbonyl (C=O) groups is 1. The highest BCUT2D eigenvalue weighted by Crippen LogP contribution is 2.17. The van der Waals surface area contributed by atoms with Crippen molar-refractivity contribution in [3.63, 3.8) is 0 Å². The molecule has 1 N–H and O–H groups in total. The summed E-state index contributed by atoms with van der Waals surface area (Å²) in [6, 6.07) is 14.8. The molecule has 0 heterocycles. The molecule has 0 unspecified atom stereocenters. The van der Waals surface area contributed by atoms with Crippen molar-refractivity contribution in [1.29, 1.82) is 0 Å². The van der Waals surface area contributed by atoms with Gasteiger partial charge in [-0.2, -0.15) is 0 Å². The van der Waals surface area contributed by atoms with Gasteiger partial charge in [-0.3, -0.25) is 4.79 Å². The number of ether oxygens (including phenoxy) is 1. The number of amides is 1. The molecule has 2 aromatic carbocycles. The Bertz CT molecular complexity index is 584. The Morgan fingerprint density at radius 2 is 1.95 bits per heavy atom. The lowest BCUT2D eigenvalue weighted by Gasteiger charge is -2.09. The molecule has 0 atom stereocenters. The van der Waals surface area contributed by atoms with Gasteiger partial charge in [-0.15, -0.1) is 0 Å². The lowest BCUT2D eigenvalue weighted by atomic mass is 10.1. The van der Waals surface area contributed by atoms with Gasteiger partial charge in [-0.05, 0) is 36.8 Å². The second-order valence-corrected chi connectivity index (χ2v) is 4.81. The van der Waals surface area contributed by atoms with Gasteiger partial charge in [0.15, 0.2) is 0 Å². The van der Waals surface area contributed by atoms with Crippen LogP contribution in [-0.2, 0) is 0 Å². The van der Waals surface area contributed by atoms with E-state index in [-0.39, 0.29) is 5.91 Å². The van der Waals surface area contributed by atoms with Crippen molar-refractivity contribution in [2.45, 2.75) is 6.92 Å². The lowest BCUT2D eigenvalue weighted by molar-refractivity contribution is 0.0947. The summed E-state index contributed by atoms with van der Waals surface area (Å²) in [5.41, 5.74) is 1.51. The predicted molar refractivity (Wildman–Crippen MR) is 80.5 cm³/mol. The van der Waals surface area contributed by atoms with Crippen LogP contribution in [0.15, 0.2) is 48.5 Å². The van der Waals surface area contributed by atoms with Crippen LogP contribution in [0.4, 0.5) is 0 Å². The smallest absolute Gasteiger partial charge is 0.252 e. The largest absolute Gasteiger partial charge is 0.492 e. The molecule has 104 valence electrons. The Kier molecular flexibility index (Phi) is 5.02. The first-order valence-corrected chi connectivity index (χ1v) is 6.77. The number of carbonyl (C=O) groups excluding carboxylic acids is 1. The van der Waals surface area contributed by atoms with E-state index in [2.05, 4.69) is 5.32 Å². The fourth-order valence-corrected chi connectivity index (χ4v) is 2.07. The average molecular weight is 290 g/mol. The molecule has 2 aromatic rings. The molecular formula is C16H16ClNO2. The Morgan fingerprint density at radius 3 is 2.65 bits per heavy atom. The van der Waals surface area contributed by atoms with Crippen molar-refractivity contribution < 1.29 is 9.53 Å². The van der Waals surface area contributed by atoms with E-state index in [0.29, 0.717) is 23.7 Å². The summed E-state index contributed by atoms with van der Waals surface area (Å²) in [6.07, 6.45) is 0. The summed E-state index contributed by atoms with van der Waals surface area (Å²) in [5.74, 6) is 0.599. The van der Waals surface area contributed by atoms with Gasteiger partial charge in [-0.25, -0.2) is 0 Å². The number of hydrogen-bond acceptors (Lipinski definition) is 2. The summed E-state index contributed by atoms with van der Waals surface area (Å²) < 4.78 is 5.49. The third kappa shape index (κ3) is 4.00. The Labute approximate surface area is 123 Å². The minimum atomic E-state index is -0.188. The zero-order chi connectivity index (χ0) is 14.4. The van der Waals surface area contributed by atoms with Crippen molar-refractivity contribution in [3.05, 3.63) is 64.7 Å². The highest BCUT2D eigenvalue weighted by Gasteiger charge is 2.09. The standard InChI is InChI=1S/C16H16ClNO2/c1-12-7-8-14(15(17)11-12)16(19)18-9-10-20-13-5-3-2-4-6-13/h2-8,11H,9-10H2,1H3,(H,18,19). The molecule has 0 aliphatic heterocycles. The average Bonchev–Trinajstić information content (AvgIpc) is 2.44. The molecule has 2 rings (SSSR count). The van der Waals surface area contributed by atoms with E-state index < -0.39 is 0 Å². The van der Waals surface area contributed by atoms with Crippen LogP contribution < -0.4 is 10.1 Å². The summed E-state index contributed by atoms with van der Waals surface area (Å²) in [7, 11) is 0. The van der Waals surface area contributed by atoms with E-state index in [4.69, 9.17) is 16.3 Å². The Morgan fingerprint density at radius 1 is 1.20 bits per heavy atom. The van der Waals surface area contributed by atoms with Gasteiger partial charge < -0.3 is 10.1 Å². The molecule has 4 heteroatoms. The van der Waals surface area contributed by atoms with Gasteiger partial charge in [0.2, 0.25) is 0 Å². The summed E-state index contributed by atoms with van der Waals surface area (Å²) in [4.78, 5) is 11.9. The predicted octanol–water partition coefficient (Wildman–Crippen LogP) is 3.46. The van der Waals surface area contributed by atoms with Crippen molar-refractivity contribution in [1.82, 2.24) is 5.32 Å².